The summed E-state index contributed by atoms with van der Waals surface area (Å²) in [6.45, 7) is 3.66. The van der Waals surface area contributed by atoms with Crippen molar-refractivity contribution in [3.05, 3.63) is 68.2 Å². The van der Waals surface area contributed by atoms with Crippen LogP contribution in [0.4, 0.5) is 5.69 Å². The molecule has 2 aromatic rings. The van der Waals surface area contributed by atoms with Crippen molar-refractivity contribution >= 4 is 50.8 Å². The molecule has 0 spiro atoms. The average molecular weight is 481 g/mol. The minimum Gasteiger partial charge on any atom is -0.490 e. The number of hydrogen-bond acceptors (Lipinski definition) is 6. The number of carbonyl (C=O) groups is 2. The molecule has 29 heavy (non-hydrogen) atoms. The lowest BCUT2D eigenvalue weighted by Crippen LogP contribution is -2.48. The number of carbonyl (C=O) groups excluding carboxylic acids is 2. The summed E-state index contributed by atoms with van der Waals surface area (Å²) in [5.41, 5.74) is 4.30. The first-order chi connectivity index (χ1) is 13.7. The van der Waals surface area contributed by atoms with Crippen LogP contribution in [-0.2, 0) is 0 Å². The molecule has 3 N–H and O–H groups in total. The second kappa shape index (κ2) is 9.94. The summed E-state index contributed by atoms with van der Waals surface area (Å²) in [5, 5.41) is 13.2. The average Bonchev–Trinajstić information content (AvgIpc) is 2.67. The van der Waals surface area contributed by atoms with Gasteiger partial charge >= 0.3 is 0 Å². The van der Waals surface area contributed by atoms with E-state index in [2.05, 4.69) is 32.1 Å². The van der Waals surface area contributed by atoms with Gasteiger partial charge in [0.05, 0.1) is 16.6 Å². The maximum Gasteiger partial charge on any atom is 0.282 e. The summed E-state index contributed by atoms with van der Waals surface area (Å²) in [6.07, 6.45) is -0.145. The molecule has 0 aromatic heterocycles. The smallest absolute Gasteiger partial charge is 0.282 e. The molecular formula is C18H17BrN4O5S. The van der Waals surface area contributed by atoms with E-state index in [1.807, 2.05) is 13.8 Å². The lowest BCUT2D eigenvalue weighted by atomic mass is 10.2. The highest BCUT2D eigenvalue weighted by atomic mass is 79.9. The van der Waals surface area contributed by atoms with Crippen LogP contribution in [0, 0.1) is 10.1 Å². The summed E-state index contributed by atoms with van der Waals surface area (Å²) >= 11 is 8.30. The van der Waals surface area contributed by atoms with Crippen molar-refractivity contribution in [2.45, 2.75) is 20.0 Å². The predicted octanol–water partition coefficient (Wildman–Crippen LogP) is 3.09. The molecule has 2 aromatic carbocycles. The van der Waals surface area contributed by atoms with E-state index < -0.39 is 16.7 Å². The molecule has 0 bridgehead atoms. The van der Waals surface area contributed by atoms with E-state index in [4.69, 9.17) is 17.0 Å². The molecule has 0 saturated heterocycles. The normalized spacial score (nSPS) is 10.2. The van der Waals surface area contributed by atoms with Gasteiger partial charge in [-0.15, -0.1) is 0 Å². The Hall–Kier alpha value is -3.05. The van der Waals surface area contributed by atoms with Crippen LogP contribution in [0.2, 0.25) is 0 Å². The zero-order chi connectivity index (χ0) is 21.6. The Labute approximate surface area is 180 Å². The number of para-hydroxylation sites is 1. The maximum atomic E-state index is 12.5. The summed E-state index contributed by atoms with van der Waals surface area (Å²) in [6, 6.07) is 10.4. The number of ether oxygens (including phenoxy) is 1. The number of nitro benzene ring substituents is 1. The number of benzene rings is 2. The lowest BCUT2D eigenvalue weighted by Gasteiger charge is -2.15. The van der Waals surface area contributed by atoms with E-state index in [1.54, 1.807) is 18.2 Å². The molecule has 0 fully saturated rings. The fourth-order valence-electron chi connectivity index (χ4n) is 2.24. The predicted molar refractivity (Wildman–Crippen MR) is 114 cm³/mol. The van der Waals surface area contributed by atoms with Crippen molar-refractivity contribution < 1.29 is 19.2 Å². The molecule has 0 unspecified atom stereocenters. The van der Waals surface area contributed by atoms with Gasteiger partial charge < -0.3 is 4.74 Å². The second-order valence-electron chi connectivity index (χ2n) is 5.94. The Morgan fingerprint density at radius 3 is 2.45 bits per heavy atom. The number of amides is 2. The van der Waals surface area contributed by atoms with Crippen molar-refractivity contribution in [2.24, 2.45) is 0 Å². The molecule has 152 valence electrons. The molecule has 0 heterocycles. The van der Waals surface area contributed by atoms with Crippen LogP contribution in [-0.4, -0.2) is 28.0 Å². The standard InChI is InChI=1S/C18H17BrN4O5S/c1-10(2)28-15-8-7-11(19)9-13(15)16(24)20-18(29)22-21-17(25)12-5-3-4-6-14(12)23(26)27/h3-10H,1-2H3,(H,21,25)(H2,20,22,24,29). The van der Waals surface area contributed by atoms with Crippen molar-refractivity contribution in [1.82, 2.24) is 16.2 Å². The van der Waals surface area contributed by atoms with E-state index in [0.717, 1.165) is 0 Å². The Balaban J connectivity index is 2.03. The Morgan fingerprint density at radius 1 is 1.10 bits per heavy atom. The summed E-state index contributed by atoms with van der Waals surface area (Å²) < 4.78 is 6.28. The molecule has 2 amide bonds. The van der Waals surface area contributed by atoms with Gasteiger partial charge in [0.2, 0.25) is 0 Å². The van der Waals surface area contributed by atoms with Crippen LogP contribution in [0.5, 0.6) is 5.75 Å². The van der Waals surface area contributed by atoms with Gasteiger partial charge in [0, 0.05) is 10.5 Å². The number of hydrogen-bond donors (Lipinski definition) is 3. The minimum atomic E-state index is -0.778. The van der Waals surface area contributed by atoms with Crippen LogP contribution in [0.15, 0.2) is 46.9 Å². The Kier molecular flexibility index (Phi) is 7.62. The number of rotatable bonds is 5. The highest BCUT2D eigenvalue weighted by Crippen LogP contribution is 2.24. The van der Waals surface area contributed by atoms with Gasteiger partial charge in [-0.2, -0.15) is 0 Å². The first kappa shape index (κ1) is 22.2. The monoisotopic (exact) mass is 480 g/mol. The molecule has 11 heteroatoms. The zero-order valence-electron chi connectivity index (χ0n) is 15.4. The molecule has 0 atom stereocenters. The van der Waals surface area contributed by atoms with E-state index in [0.29, 0.717) is 10.2 Å². The van der Waals surface area contributed by atoms with E-state index in [1.165, 1.54) is 24.3 Å². The van der Waals surface area contributed by atoms with Crippen LogP contribution >= 0.6 is 28.1 Å². The van der Waals surface area contributed by atoms with Crippen LogP contribution in [0.25, 0.3) is 0 Å². The molecule has 0 aliphatic carbocycles. The third-order valence-electron chi connectivity index (χ3n) is 3.41. The minimum absolute atomic E-state index is 0.145. The quantitative estimate of drug-likeness (QED) is 0.341. The third-order valence-corrected chi connectivity index (χ3v) is 4.11. The molecule has 0 saturated carbocycles. The summed E-state index contributed by atoms with van der Waals surface area (Å²) in [7, 11) is 0. The SMILES string of the molecule is CC(C)Oc1ccc(Br)cc1C(=O)NC(=S)NNC(=O)c1ccccc1[N+](=O)[O-]. The van der Waals surface area contributed by atoms with Crippen molar-refractivity contribution in [3.8, 4) is 5.75 Å². The van der Waals surface area contributed by atoms with E-state index in [9.17, 15) is 19.7 Å². The second-order valence-corrected chi connectivity index (χ2v) is 7.27. The number of halogens is 1. The third kappa shape index (κ3) is 6.22. The van der Waals surface area contributed by atoms with Gasteiger partial charge in [0.15, 0.2) is 5.11 Å². The topological polar surface area (TPSA) is 123 Å². The van der Waals surface area contributed by atoms with Gasteiger partial charge in [-0.3, -0.25) is 35.9 Å². The fraction of sp³-hybridized carbons (Fsp3) is 0.167. The fourth-order valence-corrected chi connectivity index (χ4v) is 2.75. The van der Waals surface area contributed by atoms with Crippen molar-refractivity contribution in [2.75, 3.05) is 0 Å². The van der Waals surface area contributed by atoms with E-state index >= 15 is 0 Å². The molecule has 0 aliphatic heterocycles. The number of nitrogens with zero attached hydrogens (tertiary/aromatic N) is 1. The van der Waals surface area contributed by atoms with Gasteiger partial charge in [0.1, 0.15) is 11.3 Å². The van der Waals surface area contributed by atoms with Gasteiger partial charge in [0.25, 0.3) is 17.5 Å². The zero-order valence-corrected chi connectivity index (χ0v) is 17.8. The van der Waals surface area contributed by atoms with E-state index in [-0.39, 0.29) is 28.0 Å². The first-order valence-corrected chi connectivity index (χ1v) is 9.50. The molecule has 2 rings (SSSR count). The largest absolute Gasteiger partial charge is 0.490 e. The van der Waals surface area contributed by atoms with Crippen LogP contribution < -0.4 is 20.9 Å². The number of nitrogens with one attached hydrogen (secondary N) is 3. The molecular weight excluding hydrogens is 464 g/mol. The van der Waals surface area contributed by atoms with Gasteiger partial charge in [-0.25, -0.2) is 0 Å². The van der Waals surface area contributed by atoms with Crippen molar-refractivity contribution in [3.63, 3.8) is 0 Å². The summed E-state index contributed by atoms with van der Waals surface area (Å²) in [4.78, 5) is 35.0. The first-order valence-electron chi connectivity index (χ1n) is 8.30. The highest BCUT2D eigenvalue weighted by molar-refractivity contribution is 9.10. The molecule has 9 nitrogen and oxygen atoms in total. The number of hydrazine groups is 1. The molecule has 0 aliphatic rings. The number of nitro groups is 1. The maximum absolute atomic E-state index is 12.5. The van der Waals surface area contributed by atoms with Crippen molar-refractivity contribution in [1.29, 1.82) is 0 Å². The molecule has 0 radical (unpaired) electrons. The number of thiocarbonyl (C=S) groups is 1. The van der Waals surface area contributed by atoms with Crippen LogP contribution in [0.1, 0.15) is 34.6 Å². The Morgan fingerprint density at radius 2 is 1.79 bits per heavy atom. The lowest BCUT2D eigenvalue weighted by molar-refractivity contribution is -0.385. The highest BCUT2D eigenvalue weighted by Gasteiger charge is 2.20. The van der Waals surface area contributed by atoms with Gasteiger partial charge in [-0.05, 0) is 50.3 Å². The summed E-state index contributed by atoms with van der Waals surface area (Å²) in [5.74, 6) is -0.966. The van der Waals surface area contributed by atoms with Gasteiger partial charge in [-0.1, -0.05) is 28.1 Å². The van der Waals surface area contributed by atoms with Crippen LogP contribution in [0.3, 0.4) is 0 Å². The Bertz CT molecular complexity index is 967.